The molecule has 0 bridgehead atoms. The Morgan fingerprint density at radius 3 is 2.62 bits per heavy atom. The minimum atomic E-state index is -0.288. The lowest BCUT2D eigenvalue weighted by atomic mass is 9.72. The molecule has 1 heterocycles. The first-order valence-corrected chi connectivity index (χ1v) is 10.4. The molecule has 1 saturated heterocycles. The SMILES string of the molecule is COC1CC=C(CC2C(O)NC3CCCCC32)CC1C1CCCC1. The van der Waals surface area contributed by atoms with Crippen molar-refractivity contribution < 1.29 is 9.84 Å². The van der Waals surface area contributed by atoms with E-state index in [9.17, 15) is 5.11 Å². The largest absolute Gasteiger partial charge is 0.381 e. The number of nitrogens with one attached hydrogen (secondary N) is 1. The van der Waals surface area contributed by atoms with Gasteiger partial charge >= 0.3 is 0 Å². The van der Waals surface area contributed by atoms with Gasteiger partial charge in [0.15, 0.2) is 0 Å². The van der Waals surface area contributed by atoms with Crippen LogP contribution in [0.25, 0.3) is 0 Å². The summed E-state index contributed by atoms with van der Waals surface area (Å²) in [6.07, 6.45) is 16.8. The summed E-state index contributed by atoms with van der Waals surface area (Å²) in [5.74, 6) is 2.71. The molecular formula is C21H35NO2. The number of aliphatic hydroxyl groups is 1. The van der Waals surface area contributed by atoms with Crippen LogP contribution in [0.15, 0.2) is 11.6 Å². The Morgan fingerprint density at radius 1 is 1.08 bits per heavy atom. The van der Waals surface area contributed by atoms with E-state index in [0.717, 1.165) is 18.8 Å². The van der Waals surface area contributed by atoms with Gasteiger partial charge in [0.25, 0.3) is 0 Å². The summed E-state index contributed by atoms with van der Waals surface area (Å²) in [5.41, 5.74) is 1.61. The monoisotopic (exact) mass is 333 g/mol. The number of ether oxygens (including phenoxy) is 1. The Morgan fingerprint density at radius 2 is 1.83 bits per heavy atom. The molecule has 3 nitrogen and oxygen atoms in total. The van der Waals surface area contributed by atoms with E-state index in [1.54, 1.807) is 5.57 Å². The van der Waals surface area contributed by atoms with E-state index in [1.807, 2.05) is 7.11 Å². The number of fused-ring (bicyclic) bond motifs is 1. The molecule has 1 aliphatic heterocycles. The highest BCUT2D eigenvalue weighted by Crippen LogP contribution is 2.45. The molecule has 3 heteroatoms. The van der Waals surface area contributed by atoms with E-state index < -0.39 is 0 Å². The van der Waals surface area contributed by atoms with E-state index >= 15 is 0 Å². The second kappa shape index (κ2) is 7.47. The van der Waals surface area contributed by atoms with Crippen LogP contribution in [0.2, 0.25) is 0 Å². The molecule has 136 valence electrons. The Labute approximate surface area is 147 Å². The topological polar surface area (TPSA) is 41.5 Å². The Kier molecular flexibility index (Phi) is 5.31. The lowest BCUT2D eigenvalue weighted by Crippen LogP contribution is -2.33. The summed E-state index contributed by atoms with van der Waals surface area (Å²) >= 11 is 0. The fourth-order valence-corrected chi connectivity index (χ4v) is 6.29. The molecule has 2 N–H and O–H groups in total. The summed E-state index contributed by atoms with van der Waals surface area (Å²) in [5, 5.41) is 14.0. The van der Waals surface area contributed by atoms with Crippen molar-refractivity contribution in [3.8, 4) is 0 Å². The first kappa shape index (κ1) is 17.1. The lowest BCUT2D eigenvalue weighted by Gasteiger charge is -2.36. The first-order chi connectivity index (χ1) is 11.8. The molecule has 0 aromatic heterocycles. The van der Waals surface area contributed by atoms with E-state index in [0.29, 0.717) is 29.9 Å². The van der Waals surface area contributed by atoms with Gasteiger partial charge in [-0.1, -0.05) is 50.2 Å². The predicted octanol–water partition coefficient (Wildman–Crippen LogP) is 4.01. The van der Waals surface area contributed by atoms with Gasteiger partial charge in [0, 0.05) is 19.1 Å². The van der Waals surface area contributed by atoms with E-state index in [1.165, 1.54) is 57.8 Å². The van der Waals surface area contributed by atoms with Gasteiger partial charge in [-0.25, -0.2) is 0 Å². The Balaban J connectivity index is 1.43. The van der Waals surface area contributed by atoms with Gasteiger partial charge in [0.1, 0.15) is 6.23 Å². The summed E-state index contributed by atoms with van der Waals surface area (Å²) in [6, 6.07) is 0.570. The van der Waals surface area contributed by atoms with E-state index in [2.05, 4.69) is 11.4 Å². The number of hydrogen-bond donors (Lipinski definition) is 2. The zero-order valence-electron chi connectivity index (χ0n) is 15.3. The normalized spacial score (nSPS) is 43.7. The Bertz CT molecular complexity index is 457. The molecule has 6 unspecified atom stereocenters. The molecule has 3 fully saturated rings. The molecule has 4 rings (SSSR count). The molecule has 3 aliphatic carbocycles. The highest BCUT2D eigenvalue weighted by molar-refractivity contribution is 5.13. The second-order valence-corrected chi connectivity index (χ2v) is 8.82. The third-order valence-electron chi connectivity index (χ3n) is 7.58. The van der Waals surface area contributed by atoms with Crippen LogP contribution in [-0.2, 0) is 4.74 Å². The minimum absolute atomic E-state index is 0.288. The number of rotatable bonds is 4. The predicted molar refractivity (Wildman–Crippen MR) is 96.6 cm³/mol. The average Bonchev–Trinajstić information content (AvgIpc) is 3.24. The van der Waals surface area contributed by atoms with Crippen LogP contribution in [0, 0.1) is 23.7 Å². The van der Waals surface area contributed by atoms with Crippen molar-refractivity contribution in [1.82, 2.24) is 5.32 Å². The van der Waals surface area contributed by atoms with Crippen LogP contribution in [0.5, 0.6) is 0 Å². The van der Waals surface area contributed by atoms with Crippen LogP contribution >= 0.6 is 0 Å². The van der Waals surface area contributed by atoms with Crippen LogP contribution in [0.4, 0.5) is 0 Å². The third-order valence-corrected chi connectivity index (χ3v) is 7.58. The quantitative estimate of drug-likeness (QED) is 0.764. The molecule has 0 aromatic rings. The summed E-state index contributed by atoms with van der Waals surface area (Å²) < 4.78 is 5.84. The number of hydrogen-bond acceptors (Lipinski definition) is 3. The molecule has 0 spiro atoms. The van der Waals surface area contributed by atoms with Gasteiger partial charge in [0.2, 0.25) is 0 Å². The Hall–Kier alpha value is -0.380. The number of methoxy groups -OCH3 is 1. The van der Waals surface area contributed by atoms with E-state index in [4.69, 9.17) is 4.74 Å². The molecular weight excluding hydrogens is 298 g/mol. The van der Waals surface area contributed by atoms with Crippen molar-refractivity contribution in [2.45, 2.75) is 89.0 Å². The summed E-state index contributed by atoms with van der Waals surface area (Å²) in [4.78, 5) is 0. The molecule has 4 aliphatic rings. The number of allylic oxidation sites excluding steroid dienone is 1. The van der Waals surface area contributed by atoms with Crippen molar-refractivity contribution in [3.05, 3.63) is 11.6 Å². The van der Waals surface area contributed by atoms with Crippen molar-refractivity contribution >= 4 is 0 Å². The maximum Gasteiger partial charge on any atom is 0.108 e. The maximum atomic E-state index is 10.6. The third kappa shape index (κ3) is 3.32. The lowest BCUT2D eigenvalue weighted by molar-refractivity contribution is 0.0225. The summed E-state index contributed by atoms with van der Waals surface area (Å²) in [6.45, 7) is 0. The second-order valence-electron chi connectivity index (χ2n) is 8.82. The maximum absolute atomic E-state index is 10.6. The highest BCUT2D eigenvalue weighted by atomic mass is 16.5. The van der Waals surface area contributed by atoms with Gasteiger partial charge < -0.3 is 9.84 Å². The molecule has 24 heavy (non-hydrogen) atoms. The van der Waals surface area contributed by atoms with Gasteiger partial charge in [-0.2, -0.15) is 0 Å². The zero-order valence-corrected chi connectivity index (χ0v) is 15.3. The van der Waals surface area contributed by atoms with Crippen LogP contribution in [0.3, 0.4) is 0 Å². The molecule has 2 saturated carbocycles. The van der Waals surface area contributed by atoms with Crippen molar-refractivity contribution in [1.29, 1.82) is 0 Å². The van der Waals surface area contributed by atoms with Gasteiger partial charge in [0.05, 0.1) is 6.10 Å². The van der Waals surface area contributed by atoms with Crippen molar-refractivity contribution in [2.24, 2.45) is 23.7 Å². The standard InChI is InChI=1S/C21H35NO2/c1-24-20-11-10-14(12-17(20)15-6-2-3-7-15)13-18-16-8-4-5-9-19(16)22-21(18)23/h10,15-23H,2-9,11-13H2,1H3. The molecule has 6 atom stereocenters. The average molecular weight is 334 g/mol. The van der Waals surface area contributed by atoms with Crippen LogP contribution < -0.4 is 5.32 Å². The van der Waals surface area contributed by atoms with Crippen molar-refractivity contribution in [2.75, 3.05) is 7.11 Å². The van der Waals surface area contributed by atoms with Crippen LogP contribution in [0.1, 0.15) is 70.6 Å². The molecule has 0 amide bonds. The fourth-order valence-electron chi connectivity index (χ4n) is 6.29. The summed E-state index contributed by atoms with van der Waals surface area (Å²) in [7, 11) is 1.89. The van der Waals surface area contributed by atoms with E-state index in [-0.39, 0.29) is 6.23 Å². The van der Waals surface area contributed by atoms with Gasteiger partial charge in [-0.3, -0.25) is 5.32 Å². The fraction of sp³-hybridized carbons (Fsp3) is 0.905. The molecule has 0 radical (unpaired) electrons. The first-order valence-electron chi connectivity index (χ1n) is 10.4. The van der Waals surface area contributed by atoms with Crippen LogP contribution in [-0.4, -0.2) is 30.6 Å². The smallest absolute Gasteiger partial charge is 0.108 e. The minimum Gasteiger partial charge on any atom is -0.381 e. The molecule has 0 aromatic carbocycles. The number of aliphatic hydroxyl groups excluding tert-OH is 1. The zero-order chi connectivity index (χ0) is 16.5. The van der Waals surface area contributed by atoms with Gasteiger partial charge in [-0.05, 0) is 49.9 Å². The highest BCUT2D eigenvalue weighted by Gasteiger charge is 2.43. The van der Waals surface area contributed by atoms with Gasteiger partial charge in [-0.15, -0.1) is 0 Å². The van der Waals surface area contributed by atoms with Crippen molar-refractivity contribution in [3.63, 3.8) is 0 Å².